The summed E-state index contributed by atoms with van der Waals surface area (Å²) in [5.74, 6) is 0.413. The van der Waals surface area contributed by atoms with Gasteiger partial charge in [-0.3, -0.25) is 9.69 Å². The van der Waals surface area contributed by atoms with E-state index >= 15 is 0 Å². The molecule has 0 bridgehead atoms. The molecule has 1 aromatic heterocycles. The minimum Gasteiger partial charge on any atom is -0.491 e. The van der Waals surface area contributed by atoms with Gasteiger partial charge in [-0.15, -0.1) is 0 Å². The van der Waals surface area contributed by atoms with Crippen molar-refractivity contribution in [1.82, 2.24) is 9.88 Å². The van der Waals surface area contributed by atoms with E-state index < -0.39 is 15.7 Å². The van der Waals surface area contributed by atoms with Gasteiger partial charge in [0, 0.05) is 61.5 Å². The molecule has 2 aromatic carbocycles. The summed E-state index contributed by atoms with van der Waals surface area (Å²) in [6, 6.07) is 13.5. The number of fused-ring (bicyclic) bond motifs is 3. The lowest BCUT2D eigenvalue weighted by molar-refractivity contribution is 0.0999. The molecule has 3 aliphatic rings. The first kappa shape index (κ1) is 27.0. The molecule has 11 heteroatoms. The first-order chi connectivity index (χ1) is 19.3. The Kier molecular flexibility index (Phi) is 7.43. The largest absolute Gasteiger partial charge is 0.491 e. The number of hydrogen-bond acceptors (Lipinski definition) is 8. The second kappa shape index (κ2) is 11.0. The minimum atomic E-state index is -2.91. The number of benzene rings is 2. The van der Waals surface area contributed by atoms with E-state index in [1.165, 1.54) is 0 Å². The number of amides is 1. The Morgan fingerprint density at radius 2 is 1.82 bits per heavy atom. The number of sulfone groups is 1. The summed E-state index contributed by atoms with van der Waals surface area (Å²) in [7, 11) is -2.91. The summed E-state index contributed by atoms with van der Waals surface area (Å²) < 4.78 is 34.6. The lowest BCUT2D eigenvalue weighted by atomic mass is 10.0. The fraction of sp³-hybridized carbons (Fsp3) is 0.379. The quantitative estimate of drug-likeness (QED) is 0.354. The predicted molar refractivity (Wildman–Crippen MR) is 155 cm³/mol. The molecule has 210 valence electrons. The van der Waals surface area contributed by atoms with Crippen LogP contribution in [-0.4, -0.2) is 88.3 Å². The van der Waals surface area contributed by atoms with Crippen molar-refractivity contribution < 1.29 is 22.7 Å². The summed E-state index contributed by atoms with van der Waals surface area (Å²) in [5.41, 5.74) is 12.6. The van der Waals surface area contributed by atoms with Crippen molar-refractivity contribution in [1.29, 1.82) is 0 Å². The number of pyridine rings is 1. The Bertz CT molecular complexity index is 1560. The molecule has 0 unspecified atom stereocenters. The van der Waals surface area contributed by atoms with Gasteiger partial charge in [-0.1, -0.05) is 17.7 Å². The number of anilines is 1. The number of ether oxygens (including phenoxy) is 2. The van der Waals surface area contributed by atoms with E-state index in [1.807, 2.05) is 6.07 Å². The number of primary amides is 1. The van der Waals surface area contributed by atoms with E-state index in [0.717, 1.165) is 46.7 Å². The van der Waals surface area contributed by atoms with Gasteiger partial charge in [0.15, 0.2) is 9.84 Å². The average Bonchev–Trinajstić information content (AvgIpc) is 3.32. The summed E-state index contributed by atoms with van der Waals surface area (Å²) in [5, 5.41) is 0.428. The molecule has 2 saturated heterocycles. The Morgan fingerprint density at radius 1 is 1.05 bits per heavy atom. The van der Waals surface area contributed by atoms with Crippen molar-refractivity contribution in [2.75, 3.05) is 69.0 Å². The lowest BCUT2D eigenvalue weighted by Crippen LogP contribution is -2.42. The average molecular weight is 583 g/mol. The zero-order chi connectivity index (χ0) is 27.9. The van der Waals surface area contributed by atoms with Crippen LogP contribution in [0.3, 0.4) is 0 Å². The molecule has 1 amide bonds. The van der Waals surface area contributed by atoms with Crippen LogP contribution in [0.4, 0.5) is 5.69 Å². The third-order valence-electron chi connectivity index (χ3n) is 7.81. The van der Waals surface area contributed by atoms with Crippen LogP contribution in [-0.2, 0) is 21.0 Å². The van der Waals surface area contributed by atoms with Crippen molar-refractivity contribution in [3.8, 4) is 28.3 Å². The van der Waals surface area contributed by atoms with Crippen molar-refractivity contribution >= 4 is 33.0 Å². The van der Waals surface area contributed by atoms with Crippen LogP contribution in [0.1, 0.15) is 21.5 Å². The van der Waals surface area contributed by atoms with Gasteiger partial charge in [0.05, 0.1) is 41.1 Å². The second-order valence-electron chi connectivity index (χ2n) is 10.4. The van der Waals surface area contributed by atoms with Gasteiger partial charge in [-0.05, 0) is 47.5 Å². The maximum absolute atomic E-state index is 12.5. The Labute approximate surface area is 238 Å². The number of nitrogens with two attached hydrogens (primary N) is 1. The number of morpholine rings is 1. The minimum absolute atomic E-state index is 0.184. The Morgan fingerprint density at radius 3 is 2.55 bits per heavy atom. The zero-order valence-corrected chi connectivity index (χ0v) is 23.6. The molecule has 3 aromatic rings. The normalized spacial score (nSPS) is 18.3. The van der Waals surface area contributed by atoms with Crippen LogP contribution < -0.4 is 15.4 Å². The summed E-state index contributed by atoms with van der Waals surface area (Å²) in [6.07, 6.45) is 0.602. The van der Waals surface area contributed by atoms with Crippen LogP contribution in [0.2, 0.25) is 5.02 Å². The van der Waals surface area contributed by atoms with Crippen LogP contribution in [0.25, 0.3) is 22.5 Å². The summed E-state index contributed by atoms with van der Waals surface area (Å²) >= 11 is 6.58. The molecule has 9 nitrogen and oxygen atoms in total. The molecule has 0 radical (unpaired) electrons. The number of rotatable bonds is 7. The predicted octanol–water partition coefficient (Wildman–Crippen LogP) is 3.02. The topological polar surface area (TPSA) is 115 Å². The molecule has 2 aliphatic heterocycles. The number of carbonyl (C=O) groups excluding carboxylic acids is 1. The second-order valence-corrected chi connectivity index (χ2v) is 13.1. The first-order valence-electron chi connectivity index (χ1n) is 13.4. The van der Waals surface area contributed by atoms with Gasteiger partial charge in [-0.25, -0.2) is 13.4 Å². The molecular weight excluding hydrogens is 552 g/mol. The Hall–Kier alpha value is -3.18. The molecule has 2 N–H and O–H groups in total. The van der Waals surface area contributed by atoms with E-state index in [-0.39, 0.29) is 11.5 Å². The highest BCUT2D eigenvalue weighted by molar-refractivity contribution is 7.91. The van der Waals surface area contributed by atoms with Crippen LogP contribution in [0.5, 0.6) is 5.75 Å². The lowest BCUT2D eigenvalue weighted by Gasteiger charge is -2.29. The van der Waals surface area contributed by atoms with Crippen molar-refractivity contribution in [3.05, 3.63) is 64.2 Å². The highest BCUT2D eigenvalue weighted by atomic mass is 35.5. The molecular formula is C29H31ClN4O5S. The van der Waals surface area contributed by atoms with E-state index in [0.29, 0.717) is 67.9 Å². The fourth-order valence-electron chi connectivity index (χ4n) is 5.54. The number of aromatic nitrogens is 1. The smallest absolute Gasteiger partial charge is 0.249 e. The molecule has 0 saturated carbocycles. The van der Waals surface area contributed by atoms with Gasteiger partial charge < -0.3 is 20.1 Å². The van der Waals surface area contributed by atoms with E-state index in [4.69, 9.17) is 31.8 Å². The van der Waals surface area contributed by atoms with Crippen LogP contribution in [0.15, 0.2) is 42.5 Å². The summed E-state index contributed by atoms with van der Waals surface area (Å²) in [4.78, 5) is 21.8. The van der Waals surface area contributed by atoms with Crippen molar-refractivity contribution in [3.63, 3.8) is 0 Å². The molecule has 0 spiro atoms. The first-order valence-corrected chi connectivity index (χ1v) is 15.6. The summed E-state index contributed by atoms with van der Waals surface area (Å²) in [6.45, 7) is 5.17. The number of hydrogen-bond donors (Lipinski definition) is 1. The number of nitrogens with zero attached hydrogens (tertiary/aromatic N) is 3. The van der Waals surface area contributed by atoms with Crippen LogP contribution in [0, 0.1) is 0 Å². The molecule has 6 rings (SSSR count). The monoisotopic (exact) mass is 582 g/mol. The third-order valence-corrected chi connectivity index (χ3v) is 9.71. The van der Waals surface area contributed by atoms with Gasteiger partial charge in [0.25, 0.3) is 0 Å². The van der Waals surface area contributed by atoms with E-state index in [1.54, 1.807) is 18.2 Å². The van der Waals surface area contributed by atoms with Crippen molar-refractivity contribution in [2.45, 2.75) is 6.42 Å². The molecule has 3 heterocycles. The van der Waals surface area contributed by atoms with Gasteiger partial charge in [-0.2, -0.15) is 0 Å². The third kappa shape index (κ3) is 5.54. The van der Waals surface area contributed by atoms with Gasteiger partial charge >= 0.3 is 0 Å². The molecule has 2 fully saturated rings. The SMILES string of the molecule is NC(=O)c1cc(-c2ccc(OCCN3CCS(=O)(=O)CC3)c(Cl)c2)nc2c1Cc1cc(N3CCOCC3)ccc1-2. The maximum atomic E-state index is 12.5. The standard InChI is InChI=1S/C29H31ClN4O5S/c30-25-17-19(1-4-27(25)39-12-5-33-8-13-40(36,37)14-9-33)26-18-24(29(31)35)23-16-20-15-21(34-6-10-38-11-7-34)2-3-22(20)28(23)32-26/h1-4,15,17-18H,5-14,16H2,(H2,31,35). The Balaban J connectivity index is 1.21. The molecule has 40 heavy (non-hydrogen) atoms. The maximum Gasteiger partial charge on any atom is 0.249 e. The molecule has 0 atom stereocenters. The van der Waals surface area contributed by atoms with E-state index in [9.17, 15) is 13.2 Å². The highest BCUT2D eigenvalue weighted by Crippen LogP contribution is 2.41. The van der Waals surface area contributed by atoms with Crippen LogP contribution >= 0.6 is 11.6 Å². The highest BCUT2D eigenvalue weighted by Gasteiger charge is 2.27. The fourth-order valence-corrected chi connectivity index (χ4v) is 7.05. The van der Waals surface area contributed by atoms with Crippen molar-refractivity contribution in [2.24, 2.45) is 5.73 Å². The molecule has 1 aliphatic carbocycles. The number of halogens is 1. The zero-order valence-electron chi connectivity index (χ0n) is 22.1. The number of carbonyl (C=O) groups is 1. The van der Waals surface area contributed by atoms with Gasteiger partial charge in [0.2, 0.25) is 5.91 Å². The van der Waals surface area contributed by atoms with E-state index in [2.05, 4.69) is 28.0 Å². The van der Waals surface area contributed by atoms with Gasteiger partial charge in [0.1, 0.15) is 12.4 Å².